The van der Waals surface area contributed by atoms with Crippen LogP contribution in [0, 0.1) is 0 Å². The van der Waals surface area contributed by atoms with E-state index in [1.165, 1.54) is 0 Å². The van der Waals surface area contributed by atoms with Gasteiger partial charge in [0.2, 0.25) is 0 Å². The van der Waals surface area contributed by atoms with Gasteiger partial charge in [0.1, 0.15) is 5.76 Å². The van der Waals surface area contributed by atoms with Crippen molar-refractivity contribution < 1.29 is 13.9 Å². The van der Waals surface area contributed by atoms with Gasteiger partial charge in [-0.25, -0.2) is 4.98 Å². The Morgan fingerprint density at radius 3 is 2.71 bits per heavy atom. The molecule has 0 saturated carbocycles. The van der Waals surface area contributed by atoms with Crippen LogP contribution in [0.1, 0.15) is 19.1 Å². The molecule has 3 heterocycles. The highest BCUT2D eigenvalue weighted by molar-refractivity contribution is 5.82. The highest BCUT2D eigenvalue weighted by Gasteiger charge is 2.15. The number of nitrogens with one attached hydrogen (secondary N) is 1. The van der Waals surface area contributed by atoms with E-state index in [0.29, 0.717) is 13.2 Å². The molecule has 0 fully saturated rings. The second-order valence-corrected chi connectivity index (χ2v) is 5.07. The molecule has 0 radical (unpaired) electrons. The van der Waals surface area contributed by atoms with Gasteiger partial charge in [0.15, 0.2) is 23.1 Å². The highest BCUT2D eigenvalue weighted by Crippen LogP contribution is 2.34. The SMILES string of the molecule is CCc1ccc(-c2nc3cc4c(cc3[nH]2)OCCCO4)o1. The molecule has 5 nitrogen and oxygen atoms in total. The Balaban J connectivity index is 1.79. The van der Waals surface area contributed by atoms with Gasteiger partial charge in [0, 0.05) is 25.0 Å². The lowest BCUT2D eigenvalue weighted by atomic mass is 10.3. The Labute approximate surface area is 121 Å². The minimum absolute atomic E-state index is 0.674. The maximum absolute atomic E-state index is 5.74. The van der Waals surface area contributed by atoms with Crippen molar-refractivity contribution in [1.29, 1.82) is 0 Å². The molecule has 1 aromatic carbocycles. The number of hydrogen-bond acceptors (Lipinski definition) is 4. The summed E-state index contributed by atoms with van der Waals surface area (Å²) in [5.74, 6) is 3.95. The highest BCUT2D eigenvalue weighted by atomic mass is 16.5. The number of H-pyrrole nitrogens is 1. The number of rotatable bonds is 2. The first kappa shape index (κ1) is 12.3. The van der Waals surface area contributed by atoms with E-state index < -0.39 is 0 Å². The van der Waals surface area contributed by atoms with Gasteiger partial charge in [0.05, 0.1) is 24.2 Å². The number of nitrogens with zero attached hydrogens (tertiary/aromatic N) is 1. The van der Waals surface area contributed by atoms with E-state index >= 15 is 0 Å². The van der Waals surface area contributed by atoms with Crippen molar-refractivity contribution in [2.24, 2.45) is 0 Å². The van der Waals surface area contributed by atoms with Crippen LogP contribution in [-0.4, -0.2) is 23.2 Å². The Hall–Kier alpha value is -2.43. The van der Waals surface area contributed by atoms with Gasteiger partial charge in [-0.05, 0) is 12.1 Å². The Morgan fingerprint density at radius 1 is 1.14 bits per heavy atom. The summed E-state index contributed by atoms with van der Waals surface area (Å²) in [5.41, 5.74) is 1.77. The topological polar surface area (TPSA) is 60.3 Å². The number of aryl methyl sites for hydroxylation is 1. The van der Waals surface area contributed by atoms with Gasteiger partial charge in [-0.1, -0.05) is 6.92 Å². The molecule has 3 aromatic rings. The van der Waals surface area contributed by atoms with Crippen molar-refractivity contribution in [3.63, 3.8) is 0 Å². The minimum Gasteiger partial charge on any atom is -0.489 e. The number of benzene rings is 1. The summed E-state index contributed by atoms with van der Waals surface area (Å²) in [4.78, 5) is 7.86. The lowest BCUT2D eigenvalue weighted by Gasteiger charge is -2.05. The summed E-state index contributed by atoms with van der Waals surface area (Å²) < 4.78 is 17.1. The molecule has 0 bridgehead atoms. The summed E-state index contributed by atoms with van der Waals surface area (Å²) in [7, 11) is 0. The molecule has 0 unspecified atom stereocenters. The normalized spacial score (nSPS) is 14.3. The smallest absolute Gasteiger partial charge is 0.174 e. The lowest BCUT2D eigenvalue weighted by molar-refractivity contribution is 0.297. The summed E-state index contributed by atoms with van der Waals surface area (Å²) in [5, 5.41) is 0. The van der Waals surface area contributed by atoms with Crippen LogP contribution in [-0.2, 0) is 6.42 Å². The number of imidazole rings is 1. The molecule has 0 atom stereocenters. The zero-order valence-corrected chi connectivity index (χ0v) is 11.8. The van der Waals surface area contributed by atoms with Gasteiger partial charge in [-0.3, -0.25) is 0 Å². The molecule has 1 N–H and O–H groups in total. The number of aromatic nitrogens is 2. The summed E-state index contributed by atoms with van der Waals surface area (Å²) in [6, 6.07) is 7.77. The first-order valence-corrected chi connectivity index (χ1v) is 7.22. The molecule has 21 heavy (non-hydrogen) atoms. The van der Waals surface area contributed by atoms with Crippen LogP contribution in [0.4, 0.5) is 0 Å². The van der Waals surface area contributed by atoms with E-state index in [9.17, 15) is 0 Å². The number of hydrogen-bond donors (Lipinski definition) is 1. The summed E-state index contributed by atoms with van der Waals surface area (Å²) in [6.45, 7) is 3.42. The van der Waals surface area contributed by atoms with Crippen LogP contribution < -0.4 is 9.47 Å². The largest absolute Gasteiger partial charge is 0.489 e. The summed E-state index contributed by atoms with van der Waals surface area (Å²) >= 11 is 0. The van der Waals surface area contributed by atoms with Crippen LogP contribution in [0.15, 0.2) is 28.7 Å². The van der Waals surface area contributed by atoms with Gasteiger partial charge < -0.3 is 18.9 Å². The third-order valence-corrected chi connectivity index (χ3v) is 3.59. The molecule has 0 aliphatic carbocycles. The zero-order chi connectivity index (χ0) is 14.2. The molecule has 0 spiro atoms. The maximum Gasteiger partial charge on any atom is 0.174 e. The van der Waals surface area contributed by atoms with E-state index in [1.807, 2.05) is 24.3 Å². The van der Waals surface area contributed by atoms with Crippen molar-refractivity contribution in [3.8, 4) is 23.1 Å². The van der Waals surface area contributed by atoms with E-state index in [-0.39, 0.29) is 0 Å². The van der Waals surface area contributed by atoms with Crippen molar-refractivity contribution in [2.45, 2.75) is 19.8 Å². The Kier molecular flexibility index (Phi) is 2.84. The number of aromatic amines is 1. The Bertz CT molecular complexity index is 745. The maximum atomic E-state index is 5.74. The summed E-state index contributed by atoms with van der Waals surface area (Å²) in [6.07, 6.45) is 1.77. The third kappa shape index (κ3) is 2.14. The van der Waals surface area contributed by atoms with E-state index in [4.69, 9.17) is 13.9 Å². The zero-order valence-electron chi connectivity index (χ0n) is 11.8. The van der Waals surface area contributed by atoms with E-state index in [0.717, 1.165) is 52.7 Å². The van der Waals surface area contributed by atoms with Crippen molar-refractivity contribution in [3.05, 3.63) is 30.0 Å². The molecular formula is C16H16N2O3. The molecule has 4 rings (SSSR count). The van der Waals surface area contributed by atoms with Crippen molar-refractivity contribution in [2.75, 3.05) is 13.2 Å². The number of fused-ring (bicyclic) bond motifs is 2. The fourth-order valence-corrected chi connectivity index (χ4v) is 2.48. The predicted molar refractivity (Wildman–Crippen MR) is 78.8 cm³/mol. The lowest BCUT2D eigenvalue weighted by Crippen LogP contribution is -1.97. The minimum atomic E-state index is 0.674. The van der Waals surface area contributed by atoms with Crippen LogP contribution >= 0.6 is 0 Å². The van der Waals surface area contributed by atoms with Crippen LogP contribution in [0.3, 0.4) is 0 Å². The fourth-order valence-electron chi connectivity index (χ4n) is 2.48. The second-order valence-electron chi connectivity index (χ2n) is 5.07. The van der Waals surface area contributed by atoms with Gasteiger partial charge >= 0.3 is 0 Å². The monoisotopic (exact) mass is 284 g/mol. The van der Waals surface area contributed by atoms with Crippen LogP contribution in [0.25, 0.3) is 22.6 Å². The van der Waals surface area contributed by atoms with Crippen molar-refractivity contribution in [1.82, 2.24) is 9.97 Å². The molecule has 108 valence electrons. The fraction of sp³-hybridized carbons (Fsp3) is 0.312. The molecule has 0 amide bonds. The molecular weight excluding hydrogens is 268 g/mol. The van der Waals surface area contributed by atoms with Crippen LogP contribution in [0.2, 0.25) is 0 Å². The predicted octanol–water partition coefficient (Wildman–Crippen LogP) is 3.55. The van der Waals surface area contributed by atoms with Gasteiger partial charge in [-0.2, -0.15) is 0 Å². The van der Waals surface area contributed by atoms with Crippen molar-refractivity contribution >= 4 is 11.0 Å². The first-order valence-electron chi connectivity index (χ1n) is 7.22. The molecule has 1 aliphatic heterocycles. The number of ether oxygens (including phenoxy) is 2. The molecule has 0 saturated heterocycles. The van der Waals surface area contributed by atoms with Gasteiger partial charge in [0.25, 0.3) is 0 Å². The van der Waals surface area contributed by atoms with E-state index in [2.05, 4.69) is 16.9 Å². The quantitative estimate of drug-likeness (QED) is 0.781. The molecule has 2 aromatic heterocycles. The van der Waals surface area contributed by atoms with Crippen LogP contribution in [0.5, 0.6) is 11.5 Å². The third-order valence-electron chi connectivity index (χ3n) is 3.59. The Morgan fingerprint density at radius 2 is 1.95 bits per heavy atom. The first-order chi connectivity index (χ1) is 10.3. The average Bonchev–Trinajstić information content (AvgIpc) is 3.06. The second kappa shape index (κ2) is 4.84. The average molecular weight is 284 g/mol. The van der Waals surface area contributed by atoms with E-state index in [1.54, 1.807) is 0 Å². The van der Waals surface area contributed by atoms with Gasteiger partial charge in [-0.15, -0.1) is 0 Å². The standard InChI is InChI=1S/C16H16N2O3/c1-2-10-4-5-13(21-10)16-17-11-8-14-15(9-12(11)18-16)20-7-3-6-19-14/h4-5,8-9H,2-3,6-7H2,1H3,(H,17,18). The number of furan rings is 1. The molecule has 1 aliphatic rings. The molecule has 5 heteroatoms.